The van der Waals surface area contributed by atoms with E-state index < -0.39 is 0 Å². The van der Waals surface area contributed by atoms with Gasteiger partial charge < -0.3 is 11.1 Å². The second-order valence-electron chi connectivity index (χ2n) is 7.09. The normalized spacial score (nSPS) is 15.6. The van der Waals surface area contributed by atoms with Gasteiger partial charge in [-0.25, -0.2) is 9.37 Å². The molecule has 28 heavy (non-hydrogen) atoms. The monoisotopic (exact) mass is 381 g/mol. The number of aromatic nitrogens is 4. The van der Waals surface area contributed by atoms with Gasteiger partial charge in [0.2, 0.25) is 5.95 Å². The lowest BCUT2D eigenvalue weighted by molar-refractivity contribution is 0.255. The Morgan fingerprint density at radius 3 is 2.61 bits per heavy atom. The molecule has 1 aliphatic heterocycles. The van der Waals surface area contributed by atoms with Crippen molar-refractivity contribution in [1.82, 2.24) is 24.6 Å². The molecule has 146 valence electrons. The van der Waals surface area contributed by atoms with Crippen molar-refractivity contribution in [3.8, 4) is 11.3 Å². The van der Waals surface area contributed by atoms with Gasteiger partial charge >= 0.3 is 0 Å². The van der Waals surface area contributed by atoms with Gasteiger partial charge in [0.05, 0.1) is 17.9 Å². The molecular formula is C20H24FN7. The topological polar surface area (TPSA) is 84.9 Å². The third kappa shape index (κ3) is 4.12. The van der Waals surface area contributed by atoms with Gasteiger partial charge in [-0.3, -0.25) is 9.58 Å². The van der Waals surface area contributed by atoms with Crippen LogP contribution in [0.25, 0.3) is 11.3 Å². The van der Waals surface area contributed by atoms with E-state index in [-0.39, 0.29) is 17.8 Å². The molecule has 0 saturated carbocycles. The Morgan fingerprint density at radius 1 is 1.18 bits per heavy atom. The Hall–Kier alpha value is -3.00. The van der Waals surface area contributed by atoms with E-state index >= 15 is 0 Å². The summed E-state index contributed by atoms with van der Waals surface area (Å²) in [6, 6.07) is 8.76. The van der Waals surface area contributed by atoms with Crippen LogP contribution in [0, 0.1) is 5.82 Å². The van der Waals surface area contributed by atoms with Crippen LogP contribution < -0.4 is 11.1 Å². The lowest BCUT2D eigenvalue weighted by Gasteiger charge is -2.28. The minimum Gasteiger partial charge on any atom is -0.368 e. The molecular weight excluding hydrogens is 357 g/mol. The first-order chi connectivity index (χ1) is 13.6. The molecule has 3 N–H and O–H groups in total. The Balaban J connectivity index is 1.55. The van der Waals surface area contributed by atoms with Crippen molar-refractivity contribution in [2.75, 3.05) is 30.7 Å². The van der Waals surface area contributed by atoms with Crippen molar-refractivity contribution in [3.63, 3.8) is 0 Å². The Labute approximate surface area is 163 Å². The Bertz CT molecular complexity index is 932. The summed E-state index contributed by atoms with van der Waals surface area (Å²) in [5.74, 6) is 0.655. The van der Waals surface area contributed by atoms with Gasteiger partial charge in [-0.2, -0.15) is 10.1 Å². The fourth-order valence-electron chi connectivity index (χ4n) is 3.66. The summed E-state index contributed by atoms with van der Waals surface area (Å²) in [4.78, 5) is 11.1. The largest absolute Gasteiger partial charge is 0.368 e. The summed E-state index contributed by atoms with van der Waals surface area (Å²) in [6.07, 6.45) is 6.00. The molecule has 1 aliphatic rings. The molecule has 0 amide bonds. The van der Waals surface area contributed by atoms with Gasteiger partial charge in [0.25, 0.3) is 0 Å². The average Bonchev–Trinajstić information content (AvgIpc) is 3.35. The second kappa shape index (κ2) is 7.93. The first kappa shape index (κ1) is 18.4. The smallest absolute Gasteiger partial charge is 0.222 e. The maximum atomic E-state index is 13.4. The number of hydrogen-bond donors (Lipinski definition) is 2. The van der Waals surface area contributed by atoms with Crippen molar-refractivity contribution in [1.29, 1.82) is 0 Å². The Kier molecular flexibility index (Phi) is 5.21. The number of likely N-dealkylation sites (tertiary alicyclic amines) is 1. The fourth-order valence-corrected chi connectivity index (χ4v) is 3.66. The predicted octanol–water partition coefficient (Wildman–Crippen LogP) is 2.85. The third-order valence-corrected chi connectivity index (χ3v) is 5.06. The third-order valence-electron chi connectivity index (χ3n) is 5.06. The van der Waals surface area contributed by atoms with Crippen LogP contribution in [0.15, 0.2) is 42.7 Å². The average molecular weight is 381 g/mol. The number of halogens is 1. The number of nitrogens with two attached hydrogens (primary N) is 1. The number of benzene rings is 1. The zero-order valence-electron chi connectivity index (χ0n) is 15.8. The van der Waals surface area contributed by atoms with Crippen LogP contribution in [-0.4, -0.2) is 44.3 Å². The minimum absolute atomic E-state index is 0.140. The molecule has 3 heterocycles. The molecule has 0 unspecified atom stereocenters. The molecule has 4 rings (SSSR count). The van der Waals surface area contributed by atoms with Gasteiger partial charge in [-0.15, -0.1) is 0 Å². The number of nitrogen functional groups attached to an aromatic ring is 1. The lowest BCUT2D eigenvalue weighted by atomic mass is 10.1. The molecule has 1 fully saturated rings. The number of nitrogens with zero attached hydrogens (tertiary/aromatic N) is 5. The number of aryl methyl sites for hydroxylation is 1. The van der Waals surface area contributed by atoms with Gasteiger partial charge in [-0.1, -0.05) is 12.1 Å². The molecule has 1 atom stereocenters. The number of rotatable bonds is 6. The number of hydrogen-bond acceptors (Lipinski definition) is 6. The van der Waals surface area contributed by atoms with Crippen LogP contribution in [0.5, 0.6) is 0 Å². The highest BCUT2D eigenvalue weighted by molar-refractivity contribution is 5.62. The fraction of sp³-hybridized carbons (Fsp3) is 0.350. The SMILES string of the molecule is Cn1cc(-c2cc(NC[C@@H](c3ccc(F)cc3)N3CCCC3)nc(N)n2)cn1. The second-order valence-corrected chi connectivity index (χ2v) is 7.09. The number of anilines is 2. The van der Waals surface area contributed by atoms with Crippen LogP contribution in [0.2, 0.25) is 0 Å². The molecule has 2 aromatic heterocycles. The zero-order valence-corrected chi connectivity index (χ0v) is 15.8. The van der Waals surface area contributed by atoms with Crippen molar-refractivity contribution in [2.24, 2.45) is 7.05 Å². The van der Waals surface area contributed by atoms with Crippen LogP contribution in [0.4, 0.5) is 16.2 Å². The quantitative estimate of drug-likeness (QED) is 0.683. The first-order valence-corrected chi connectivity index (χ1v) is 9.45. The van der Waals surface area contributed by atoms with Gasteiger partial charge in [-0.05, 0) is 43.6 Å². The molecule has 0 aliphatic carbocycles. The van der Waals surface area contributed by atoms with E-state index in [0.29, 0.717) is 12.4 Å². The molecule has 0 radical (unpaired) electrons. The Morgan fingerprint density at radius 2 is 1.93 bits per heavy atom. The van der Waals surface area contributed by atoms with Crippen LogP contribution in [0.1, 0.15) is 24.4 Å². The molecule has 3 aromatic rings. The molecule has 1 saturated heterocycles. The highest BCUT2D eigenvalue weighted by atomic mass is 19.1. The van der Waals surface area contributed by atoms with Gasteiger partial charge in [0.15, 0.2) is 0 Å². The summed E-state index contributed by atoms with van der Waals surface area (Å²) in [5.41, 5.74) is 8.61. The van der Waals surface area contributed by atoms with Crippen LogP contribution >= 0.6 is 0 Å². The highest BCUT2D eigenvalue weighted by Gasteiger charge is 2.23. The van der Waals surface area contributed by atoms with E-state index in [1.807, 2.05) is 31.4 Å². The molecule has 1 aromatic carbocycles. The molecule has 8 heteroatoms. The standard InChI is InChI=1S/C20H24FN7/c1-27-13-15(11-24-27)17-10-19(26-20(22)25-17)23-12-18(28-8-2-3-9-28)14-4-6-16(21)7-5-14/h4-7,10-11,13,18H,2-3,8-9,12H2,1H3,(H3,22,23,25,26)/t18-/m0/s1. The molecule has 0 spiro atoms. The van der Waals surface area contributed by atoms with E-state index in [1.165, 1.54) is 25.0 Å². The predicted molar refractivity (Wildman–Crippen MR) is 107 cm³/mol. The first-order valence-electron chi connectivity index (χ1n) is 9.45. The van der Waals surface area contributed by atoms with Crippen LogP contribution in [0.3, 0.4) is 0 Å². The lowest BCUT2D eigenvalue weighted by Crippen LogP contribution is -2.31. The van der Waals surface area contributed by atoms with Crippen LogP contribution in [-0.2, 0) is 7.05 Å². The summed E-state index contributed by atoms with van der Waals surface area (Å²) in [7, 11) is 1.86. The maximum absolute atomic E-state index is 13.4. The highest BCUT2D eigenvalue weighted by Crippen LogP contribution is 2.26. The zero-order chi connectivity index (χ0) is 19.5. The van der Waals surface area contributed by atoms with E-state index in [4.69, 9.17) is 5.73 Å². The minimum atomic E-state index is -0.221. The maximum Gasteiger partial charge on any atom is 0.222 e. The van der Waals surface area contributed by atoms with E-state index in [9.17, 15) is 4.39 Å². The number of nitrogens with one attached hydrogen (secondary N) is 1. The molecule has 0 bridgehead atoms. The van der Waals surface area contributed by atoms with E-state index in [1.54, 1.807) is 10.9 Å². The van der Waals surface area contributed by atoms with E-state index in [0.717, 1.165) is 29.9 Å². The van der Waals surface area contributed by atoms with Gasteiger partial charge in [0, 0.05) is 31.4 Å². The van der Waals surface area contributed by atoms with Crippen molar-refractivity contribution < 1.29 is 4.39 Å². The van der Waals surface area contributed by atoms with Gasteiger partial charge in [0.1, 0.15) is 11.6 Å². The van der Waals surface area contributed by atoms with Crippen molar-refractivity contribution in [2.45, 2.75) is 18.9 Å². The van der Waals surface area contributed by atoms with Crippen molar-refractivity contribution >= 4 is 11.8 Å². The summed E-state index contributed by atoms with van der Waals surface area (Å²) in [6.45, 7) is 2.72. The molecule has 7 nitrogen and oxygen atoms in total. The van der Waals surface area contributed by atoms with E-state index in [2.05, 4.69) is 25.3 Å². The summed E-state index contributed by atoms with van der Waals surface area (Å²) < 4.78 is 15.1. The summed E-state index contributed by atoms with van der Waals surface area (Å²) >= 11 is 0. The van der Waals surface area contributed by atoms with Crippen molar-refractivity contribution in [3.05, 3.63) is 54.1 Å². The summed E-state index contributed by atoms with van der Waals surface area (Å²) in [5, 5.41) is 7.58.